The number of benzene rings is 1. The topological polar surface area (TPSA) is 94.2 Å². The molecular weight excluding hydrogens is 436 g/mol. The normalized spacial score (nSPS) is 14.5. The molecule has 2 amide bonds. The van der Waals surface area contributed by atoms with Crippen molar-refractivity contribution < 1.29 is 27.9 Å². The van der Waals surface area contributed by atoms with Crippen molar-refractivity contribution in [1.29, 1.82) is 0 Å². The van der Waals surface area contributed by atoms with Gasteiger partial charge in [0.1, 0.15) is 5.76 Å². The first-order valence-corrected chi connectivity index (χ1v) is 11.5. The fraction of sp³-hybridized carbons (Fsp3) is 0.385. The molecule has 2 heterocycles. The van der Waals surface area contributed by atoms with E-state index in [2.05, 4.69) is 5.32 Å². The first kappa shape index (κ1) is 23.5. The monoisotopic (exact) mass is 466 g/mol. The van der Waals surface area contributed by atoms with Gasteiger partial charge in [-0.1, -0.05) is 18.9 Å². The van der Waals surface area contributed by atoms with Crippen molar-refractivity contribution in [3.05, 3.63) is 72.1 Å². The fourth-order valence-electron chi connectivity index (χ4n) is 4.40. The zero-order chi connectivity index (χ0) is 23.9. The molecule has 4 rings (SSSR count). The van der Waals surface area contributed by atoms with Gasteiger partial charge in [-0.25, -0.2) is 0 Å². The van der Waals surface area contributed by atoms with E-state index in [1.165, 1.54) is 17.4 Å². The first-order chi connectivity index (χ1) is 16.6. The molecule has 1 atom stereocenters. The third-order valence-electron chi connectivity index (χ3n) is 6.16. The van der Waals surface area contributed by atoms with Gasteiger partial charge in [0.05, 0.1) is 26.7 Å². The maximum Gasteiger partial charge on any atom is 0.290 e. The summed E-state index contributed by atoms with van der Waals surface area (Å²) >= 11 is 0. The van der Waals surface area contributed by atoms with Gasteiger partial charge in [0.25, 0.3) is 11.8 Å². The van der Waals surface area contributed by atoms with Crippen molar-refractivity contribution in [2.45, 2.75) is 44.2 Å². The Hall–Kier alpha value is -3.68. The first-order valence-electron chi connectivity index (χ1n) is 11.5. The van der Waals surface area contributed by atoms with Crippen LogP contribution < -0.4 is 14.8 Å². The lowest BCUT2D eigenvalue weighted by molar-refractivity contribution is -0.127. The summed E-state index contributed by atoms with van der Waals surface area (Å²) in [5.74, 6) is 1.16. The average molecular weight is 467 g/mol. The number of hydrogen-bond donors (Lipinski definition) is 1. The van der Waals surface area contributed by atoms with Gasteiger partial charge in [0.2, 0.25) is 0 Å². The molecule has 0 unspecified atom stereocenters. The largest absolute Gasteiger partial charge is 0.493 e. The van der Waals surface area contributed by atoms with Crippen LogP contribution in [-0.2, 0) is 11.2 Å². The molecular formula is C26H30N2O6. The minimum absolute atomic E-state index is 0.108. The van der Waals surface area contributed by atoms with E-state index in [1.54, 1.807) is 38.5 Å². The number of hydrogen-bond acceptors (Lipinski definition) is 6. The summed E-state index contributed by atoms with van der Waals surface area (Å²) in [5.41, 5.74) is 0.935. The van der Waals surface area contributed by atoms with E-state index in [4.69, 9.17) is 18.3 Å². The molecule has 1 saturated carbocycles. The number of nitrogens with one attached hydrogen (secondary N) is 1. The second-order valence-corrected chi connectivity index (χ2v) is 8.32. The molecule has 8 heteroatoms. The molecule has 1 aliphatic rings. The Morgan fingerprint density at radius 1 is 1.03 bits per heavy atom. The summed E-state index contributed by atoms with van der Waals surface area (Å²) in [4.78, 5) is 28.5. The zero-order valence-electron chi connectivity index (χ0n) is 19.5. The van der Waals surface area contributed by atoms with E-state index in [-0.39, 0.29) is 30.2 Å². The van der Waals surface area contributed by atoms with Crippen LogP contribution in [0.3, 0.4) is 0 Å². The van der Waals surface area contributed by atoms with Crippen molar-refractivity contribution in [2.24, 2.45) is 0 Å². The lowest BCUT2D eigenvalue weighted by Gasteiger charge is -2.30. The Morgan fingerprint density at radius 2 is 1.76 bits per heavy atom. The van der Waals surface area contributed by atoms with Crippen molar-refractivity contribution in [3.63, 3.8) is 0 Å². The number of nitrogens with zero attached hydrogens (tertiary/aromatic N) is 1. The molecule has 0 bridgehead atoms. The van der Waals surface area contributed by atoms with Crippen LogP contribution >= 0.6 is 0 Å². The Balaban J connectivity index is 1.63. The van der Waals surface area contributed by atoms with Crippen molar-refractivity contribution in [1.82, 2.24) is 10.2 Å². The highest BCUT2D eigenvalue weighted by molar-refractivity contribution is 5.95. The van der Waals surface area contributed by atoms with Crippen LogP contribution in [-0.4, -0.2) is 43.5 Å². The molecule has 1 N–H and O–H groups in total. The summed E-state index contributed by atoms with van der Waals surface area (Å²) < 4.78 is 21.7. The Labute approximate surface area is 198 Å². The number of ether oxygens (including phenoxy) is 2. The number of methoxy groups -OCH3 is 2. The Kier molecular flexibility index (Phi) is 7.57. The number of furan rings is 2. The van der Waals surface area contributed by atoms with Gasteiger partial charge in [-0.05, 0) is 61.2 Å². The highest BCUT2D eigenvalue weighted by Gasteiger charge is 2.36. The summed E-state index contributed by atoms with van der Waals surface area (Å²) in [6.45, 7) is 0.262. The number of rotatable bonds is 10. The summed E-state index contributed by atoms with van der Waals surface area (Å²) in [6.07, 6.45) is 7.49. The quantitative estimate of drug-likeness (QED) is 0.477. The smallest absolute Gasteiger partial charge is 0.290 e. The molecule has 0 spiro atoms. The second-order valence-electron chi connectivity index (χ2n) is 8.32. The van der Waals surface area contributed by atoms with E-state index in [9.17, 15) is 9.59 Å². The maximum absolute atomic E-state index is 13.5. The molecule has 3 aromatic rings. The van der Waals surface area contributed by atoms with Crippen molar-refractivity contribution in [2.75, 3.05) is 20.8 Å². The van der Waals surface area contributed by atoms with E-state index in [0.29, 0.717) is 23.7 Å². The lowest BCUT2D eigenvalue weighted by Crippen LogP contribution is -2.46. The summed E-state index contributed by atoms with van der Waals surface area (Å²) in [7, 11) is 3.16. The van der Waals surface area contributed by atoms with Gasteiger partial charge < -0.3 is 28.5 Å². The molecule has 1 aliphatic carbocycles. The molecule has 0 radical (unpaired) electrons. The van der Waals surface area contributed by atoms with Gasteiger partial charge in [0.15, 0.2) is 23.3 Å². The van der Waals surface area contributed by atoms with Gasteiger partial charge in [-0.15, -0.1) is 0 Å². The Morgan fingerprint density at radius 3 is 2.41 bits per heavy atom. The van der Waals surface area contributed by atoms with E-state index < -0.39 is 6.04 Å². The minimum atomic E-state index is -0.923. The fourth-order valence-corrected chi connectivity index (χ4v) is 4.40. The number of carbonyl (C=O) groups is 2. The zero-order valence-corrected chi connectivity index (χ0v) is 19.5. The third kappa shape index (κ3) is 5.27. The Bertz CT molecular complexity index is 1070. The molecule has 34 heavy (non-hydrogen) atoms. The molecule has 8 nitrogen and oxygen atoms in total. The van der Waals surface area contributed by atoms with E-state index >= 15 is 0 Å². The number of carbonyl (C=O) groups excluding carboxylic acids is 2. The van der Waals surface area contributed by atoms with Crippen LogP contribution in [0.5, 0.6) is 11.5 Å². The molecule has 1 aromatic carbocycles. The SMILES string of the molecule is COc1ccc(CCN(C(=O)c2ccco2)[C@@H](C(=O)NC2CCCC2)c2ccco2)cc1OC. The standard InChI is InChI=1S/C26H30N2O6/c1-31-20-12-11-18(17-23(20)32-2)13-14-28(26(30)22-10-6-16-34-22)24(21-9-5-15-33-21)25(29)27-19-7-3-4-8-19/h5-6,9-12,15-17,19,24H,3-4,7-8,13-14H2,1-2H3,(H,27,29)/t24-/m1/s1. The van der Waals surface area contributed by atoms with Crippen LogP contribution in [0.4, 0.5) is 0 Å². The second kappa shape index (κ2) is 11.0. The van der Waals surface area contributed by atoms with Crippen LogP contribution in [0.15, 0.2) is 63.8 Å². The van der Waals surface area contributed by atoms with Gasteiger partial charge in [-0.3, -0.25) is 9.59 Å². The predicted molar refractivity (Wildman–Crippen MR) is 125 cm³/mol. The highest BCUT2D eigenvalue weighted by Crippen LogP contribution is 2.30. The summed E-state index contributed by atoms with van der Waals surface area (Å²) in [5, 5.41) is 3.12. The predicted octanol–water partition coefficient (Wildman–Crippen LogP) is 4.37. The van der Waals surface area contributed by atoms with Gasteiger partial charge in [0, 0.05) is 12.6 Å². The lowest BCUT2D eigenvalue weighted by atomic mass is 10.1. The van der Waals surface area contributed by atoms with Crippen LogP contribution in [0, 0.1) is 0 Å². The minimum Gasteiger partial charge on any atom is -0.493 e. The van der Waals surface area contributed by atoms with Crippen molar-refractivity contribution >= 4 is 11.8 Å². The summed E-state index contributed by atoms with van der Waals surface area (Å²) in [6, 6.07) is 11.5. The van der Waals surface area contributed by atoms with Crippen LogP contribution in [0.2, 0.25) is 0 Å². The van der Waals surface area contributed by atoms with E-state index in [1.807, 2.05) is 18.2 Å². The molecule has 2 aromatic heterocycles. The molecule has 1 fully saturated rings. The molecule has 0 saturated heterocycles. The molecule has 0 aliphatic heterocycles. The average Bonchev–Trinajstić information content (AvgIpc) is 3.64. The number of amides is 2. The van der Waals surface area contributed by atoms with Crippen molar-refractivity contribution in [3.8, 4) is 11.5 Å². The molecule has 180 valence electrons. The van der Waals surface area contributed by atoms with Crippen LogP contribution in [0.25, 0.3) is 0 Å². The van der Waals surface area contributed by atoms with Gasteiger partial charge >= 0.3 is 0 Å². The van der Waals surface area contributed by atoms with Gasteiger partial charge in [-0.2, -0.15) is 0 Å². The van der Waals surface area contributed by atoms with Crippen LogP contribution in [0.1, 0.15) is 53.6 Å². The van der Waals surface area contributed by atoms with E-state index in [0.717, 1.165) is 31.2 Å². The highest BCUT2D eigenvalue weighted by atomic mass is 16.5. The maximum atomic E-state index is 13.5. The third-order valence-corrected chi connectivity index (χ3v) is 6.16.